The van der Waals surface area contributed by atoms with Gasteiger partial charge in [-0.2, -0.15) is 0 Å². The molecule has 1 aromatic heterocycles. The molecule has 2 aromatic carbocycles. The number of carbonyl (C=O) groups is 1. The number of imidazole rings is 1. The zero-order valence-corrected chi connectivity index (χ0v) is 11.4. The van der Waals surface area contributed by atoms with Crippen molar-refractivity contribution in [1.82, 2.24) is 9.97 Å². The van der Waals surface area contributed by atoms with Gasteiger partial charge >= 0.3 is 0 Å². The number of benzene rings is 2. The van der Waals surface area contributed by atoms with E-state index in [0.29, 0.717) is 12.4 Å². The van der Waals surface area contributed by atoms with E-state index in [9.17, 15) is 4.79 Å². The molecule has 5 nitrogen and oxygen atoms in total. The Morgan fingerprint density at radius 1 is 1.19 bits per heavy atom. The Kier molecular flexibility index (Phi) is 3.55. The van der Waals surface area contributed by atoms with Gasteiger partial charge in [0.2, 0.25) is 5.91 Å². The smallest absolute Gasteiger partial charge is 0.225 e. The van der Waals surface area contributed by atoms with Crippen LogP contribution in [0.5, 0.6) is 5.75 Å². The molecule has 0 aliphatic rings. The van der Waals surface area contributed by atoms with Crippen LogP contribution < -0.4 is 10.5 Å². The van der Waals surface area contributed by atoms with E-state index in [1.54, 1.807) is 0 Å². The van der Waals surface area contributed by atoms with Crippen LogP contribution in [0.3, 0.4) is 0 Å². The van der Waals surface area contributed by atoms with Crippen molar-refractivity contribution in [2.45, 2.75) is 13.0 Å². The zero-order valence-electron chi connectivity index (χ0n) is 11.4. The summed E-state index contributed by atoms with van der Waals surface area (Å²) in [5.74, 6) is 0.910. The predicted molar refractivity (Wildman–Crippen MR) is 79.8 cm³/mol. The van der Waals surface area contributed by atoms with Crippen molar-refractivity contribution in [1.29, 1.82) is 0 Å². The second-order valence-electron chi connectivity index (χ2n) is 4.78. The summed E-state index contributed by atoms with van der Waals surface area (Å²) in [7, 11) is 0. The highest BCUT2D eigenvalue weighted by molar-refractivity contribution is 5.80. The number of hydrogen-bond donors (Lipinski definition) is 2. The second-order valence-corrected chi connectivity index (χ2v) is 4.78. The Hall–Kier alpha value is -2.82. The highest BCUT2D eigenvalue weighted by Crippen LogP contribution is 2.20. The first-order valence-electron chi connectivity index (χ1n) is 6.64. The summed E-state index contributed by atoms with van der Waals surface area (Å²) in [6.45, 7) is 0.509. The van der Waals surface area contributed by atoms with Gasteiger partial charge in [0.15, 0.2) is 0 Å². The van der Waals surface area contributed by atoms with Crippen molar-refractivity contribution < 1.29 is 9.53 Å². The van der Waals surface area contributed by atoms with Gasteiger partial charge in [-0.05, 0) is 17.7 Å². The number of rotatable bonds is 5. The van der Waals surface area contributed by atoms with Crippen LogP contribution in [0.15, 0.2) is 48.5 Å². The summed E-state index contributed by atoms with van der Waals surface area (Å²) in [5.41, 5.74) is 7.89. The van der Waals surface area contributed by atoms with Crippen LogP contribution in [0, 0.1) is 0 Å². The third kappa shape index (κ3) is 3.20. The largest absolute Gasteiger partial charge is 0.489 e. The third-order valence-corrected chi connectivity index (χ3v) is 3.09. The molecule has 0 atom stereocenters. The summed E-state index contributed by atoms with van der Waals surface area (Å²) < 4.78 is 5.75. The number of hydrogen-bond acceptors (Lipinski definition) is 3. The summed E-state index contributed by atoms with van der Waals surface area (Å²) in [6.07, 6.45) is 0.106. The lowest BCUT2D eigenvalue weighted by Gasteiger charge is -2.05. The molecule has 0 spiro atoms. The quantitative estimate of drug-likeness (QED) is 0.752. The molecule has 3 aromatic rings. The van der Waals surface area contributed by atoms with Gasteiger partial charge in [0.05, 0.1) is 17.5 Å². The number of aromatic amines is 1. The lowest BCUT2D eigenvalue weighted by Crippen LogP contribution is -2.14. The molecule has 3 N–H and O–H groups in total. The summed E-state index contributed by atoms with van der Waals surface area (Å²) in [4.78, 5) is 18.3. The molecular formula is C16H15N3O2. The summed E-state index contributed by atoms with van der Waals surface area (Å²) in [5, 5.41) is 0. The lowest BCUT2D eigenvalue weighted by molar-refractivity contribution is -0.117. The van der Waals surface area contributed by atoms with E-state index in [-0.39, 0.29) is 6.42 Å². The number of fused-ring (bicyclic) bond motifs is 1. The summed E-state index contributed by atoms with van der Waals surface area (Å²) in [6, 6.07) is 15.5. The van der Waals surface area contributed by atoms with Gasteiger partial charge in [-0.3, -0.25) is 4.79 Å². The Bertz CT molecular complexity index is 766. The lowest BCUT2D eigenvalue weighted by atomic mass is 10.2. The van der Waals surface area contributed by atoms with E-state index in [1.165, 1.54) is 0 Å². The molecule has 21 heavy (non-hydrogen) atoms. The fourth-order valence-electron chi connectivity index (χ4n) is 2.12. The zero-order chi connectivity index (χ0) is 14.7. The molecule has 1 heterocycles. The molecule has 5 heteroatoms. The van der Waals surface area contributed by atoms with Crippen molar-refractivity contribution in [3.8, 4) is 5.75 Å². The van der Waals surface area contributed by atoms with Crippen LogP contribution in [0.2, 0.25) is 0 Å². The number of ether oxygens (including phenoxy) is 1. The molecule has 0 radical (unpaired) electrons. The fraction of sp³-hybridized carbons (Fsp3) is 0.125. The molecule has 0 aliphatic carbocycles. The Morgan fingerprint density at radius 2 is 2.00 bits per heavy atom. The minimum absolute atomic E-state index is 0.106. The molecule has 106 valence electrons. The SMILES string of the molecule is NC(=O)Cc1nc2ccc(OCc3ccccc3)cc2[nH]1. The van der Waals surface area contributed by atoms with Gasteiger partial charge in [0, 0.05) is 6.07 Å². The highest BCUT2D eigenvalue weighted by Gasteiger charge is 2.06. The van der Waals surface area contributed by atoms with E-state index in [4.69, 9.17) is 10.5 Å². The Labute approximate surface area is 121 Å². The maximum atomic E-state index is 10.9. The standard InChI is InChI=1S/C16H15N3O2/c17-15(20)9-16-18-13-7-6-12(8-14(13)19-16)21-10-11-4-2-1-3-5-11/h1-8H,9-10H2,(H2,17,20)(H,18,19). The van der Waals surface area contributed by atoms with E-state index in [0.717, 1.165) is 22.3 Å². The van der Waals surface area contributed by atoms with Gasteiger partial charge in [0.25, 0.3) is 0 Å². The molecule has 0 saturated carbocycles. The van der Waals surface area contributed by atoms with E-state index < -0.39 is 5.91 Å². The van der Waals surface area contributed by atoms with Crippen molar-refractivity contribution in [3.05, 3.63) is 59.9 Å². The van der Waals surface area contributed by atoms with Crippen molar-refractivity contribution in [2.24, 2.45) is 5.73 Å². The van der Waals surface area contributed by atoms with Crippen molar-refractivity contribution >= 4 is 16.9 Å². The normalized spacial score (nSPS) is 10.7. The molecule has 3 rings (SSSR count). The average Bonchev–Trinajstić information content (AvgIpc) is 2.86. The average molecular weight is 281 g/mol. The van der Waals surface area contributed by atoms with Gasteiger partial charge in [-0.25, -0.2) is 4.98 Å². The first-order chi connectivity index (χ1) is 10.2. The molecule has 1 amide bonds. The molecule has 0 bridgehead atoms. The van der Waals surface area contributed by atoms with Crippen LogP contribution in [-0.2, 0) is 17.8 Å². The van der Waals surface area contributed by atoms with Crippen LogP contribution in [0.4, 0.5) is 0 Å². The molecular weight excluding hydrogens is 266 g/mol. The first kappa shape index (κ1) is 13.2. The van der Waals surface area contributed by atoms with E-state index in [1.807, 2.05) is 48.5 Å². The Balaban J connectivity index is 1.76. The number of amides is 1. The highest BCUT2D eigenvalue weighted by atomic mass is 16.5. The molecule has 0 aliphatic heterocycles. The van der Waals surface area contributed by atoms with E-state index in [2.05, 4.69) is 9.97 Å². The van der Waals surface area contributed by atoms with Gasteiger partial charge in [-0.1, -0.05) is 30.3 Å². The van der Waals surface area contributed by atoms with Crippen molar-refractivity contribution in [3.63, 3.8) is 0 Å². The second kappa shape index (κ2) is 5.66. The number of nitrogens with two attached hydrogens (primary N) is 1. The third-order valence-electron chi connectivity index (χ3n) is 3.09. The predicted octanol–water partition coefficient (Wildman–Crippen LogP) is 2.17. The van der Waals surface area contributed by atoms with Crippen molar-refractivity contribution in [2.75, 3.05) is 0 Å². The van der Waals surface area contributed by atoms with Gasteiger partial charge < -0.3 is 15.5 Å². The number of primary amides is 1. The topological polar surface area (TPSA) is 81.0 Å². The number of nitrogens with one attached hydrogen (secondary N) is 1. The first-order valence-corrected chi connectivity index (χ1v) is 6.64. The number of aromatic nitrogens is 2. The van der Waals surface area contributed by atoms with E-state index >= 15 is 0 Å². The minimum atomic E-state index is -0.408. The number of H-pyrrole nitrogens is 1. The van der Waals surface area contributed by atoms with Crippen LogP contribution in [0.1, 0.15) is 11.4 Å². The molecule has 0 fully saturated rings. The number of nitrogens with zero attached hydrogens (tertiary/aromatic N) is 1. The molecule has 0 unspecified atom stereocenters. The van der Waals surface area contributed by atoms with Crippen LogP contribution in [0.25, 0.3) is 11.0 Å². The van der Waals surface area contributed by atoms with Gasteiger partial charge in [-0.15, -0.1) is 0 Å². The summed E-state index contributed by atoms with van der Waals surface area (Å²) >= 11 is 0. The van der Waals surface area contributed by atoms with Crippen LogP contribution >= 0.6 is 0 Å². The maximum Gasteiger partial charge on any atom is 0.225 e. The number of carbonyl (C=O) groups excluding carboxylic acids is 1. The Morgan fingerprint density at radius 3 is 2.76 bits per heavy atom. The maximum absolute atomic E-state index is 10.9. The monoisotopic (exact) mass is 281 g/mol. The minimum Gasteiger partial charge on any atom is -0.489 e. The van der Waals surface area contributed by atoms with Gasteiger partial charge in [0.1, 0.15) is 18.2 Å². The molecule has 0 saturated heterocycles. The van der Waals surface area contributed by atoms with Crippen LogP contribution in [-0.4, -0.2) is 15.9 Å². The fourth-order valence-corrected chi connectivity index (χ4v) is 2.12.